The molecule has 1 aromatic heterocycles. The summed E-state index contributed by atoms with van der Waals surface area (Å²) in [4.78, 5) is 2.18. The second-order valence-corrected chi connectivity index (χ2v) is 5.49. The number of hydrogen-bond donors (Lipinski definition) is 1. The molecule has 0 unspecified atom stereocenters. The van der Waals surface area contributed by atoms with Crippen molar-refractivity contribution >= 4 is 28.9 Å². The van der Waals surface area contributed by atoms with Gasteiger partial charge in [0.2, 0.25) is 0 Å². The molecule has 100 valence electrons. The van der Waals surface area contributed by atoms with Gasteiger partial charge in [-0.15, -0.1) is 10.2 Å². The molecule has 0 spiro atoms. The maximum atomic E-state index is 6.08. The molecule has 4 nitrogen and oxygen atoms in total. The van der Waals surface area contributed by atoms with Crippen LogP contribution in [0.15, 0.2) is 6.07 Å². The van der Waals surface area contributed by atoms with Gasteiger partial charge in [-0.1, -0.05) is 23.2 Å². The van der Waals surface area contributed by atoms with Crippen LogP contribution < -0.4 is 10.2 Å². The van der Waals surface area contributed by atoms with E-state index in [1.807, 2.05) is 14.1 Å². The molecule has 0 amide bonds. The molecule has 2 rings (SSSR count). The maximum absolute atomic E-state index is 6.08. The van der Waals surface area contributed by atoms with Crippen molar-refractivity contribution in [3.05, 3.63) is 16.4 Å². The summed E-state index contributed by atoms with van der Waals surface area (Å²) in [5, 5.41) is 11.7. The summed E-state index contributed by atoms with van der Waals surface area (Å²) in [5.41, 5.74) is 0.865. The number of hydrogen-bond acceptors (Lipinski definition) is 4. The largest absolute Gasteiger partial charge is 0.369 e. The lowest BCUT2D eigenvalue weighted by molar-refractivity contribution is 0.351. The van der Waals surface area contributed by atoms with Crippen molar-refractivity contribution in [2.24, 2.45) is 0 Å². The van der Waals surface area contributed by atoms with E-state index in [2.05, 4.69) is 20.4 Å². The number of nitrogens with zero attached hydrogens (tertiary/aromatic N) is 3. The highest BCUT2D eigenvalue weighted by molar-refractivity contribution is 6.33. The molecule has 0 bridgehead atoms. The lowest BCUT2D eigenvalue weighted by Gasteiger charge is -2.36. The normalized spacial score (nSPS) is 24.0. The fourth-order valence-electron chi connectivity index (χ4n) is 2.54. The van der Waals surface area contributed by atoms with Gasteiger partial charge in [0.25, 0.3) is 0 Å². The van der Waals surface area contributed by atoms with Crippen LogP contribution in [0.5, 0.6) is 0 Å². The second-order valence-electron chi connectivity index (χ2n) is 4.75. The first-order valence-electron chi connectivity index (χ1n) is 6.20. The topological polar surface area (TPSA) is 41.0 Å². The Balaban J connectivity index is 2.07. The van der Waals surface area contributed by atoms with E-state index in [-0.39, 0.29) is 0 Å². The highest BCUT2D eigenvalue weighted by Crippen LogP contribution is 2.30. The summed E-state index contributed by atoms with van der Waals surface area (Å²) in [7, 11) is 4.07. The second kappa shape index (κ2) is 6.04. The maximum Gasteiger partial charge on any atom is 0.175 e. The number of halogens is 2. The minimum Gasteiger partial charge on any atom is -0.369 e. The minimum absolute atomic E-state index is 0.380. The van der Waals surface area contributed by atoms with Crippen LogP contribution in [0.3, 0.4) is 0 Å². The molecule has 1 N–H and O–H groups in total. The van der Waals surface area contributed by atoms with Gasteiger partial charge in [-0.25, -0.2) is 0 Å². The highest BCUT2D eigenvalue weighted by Gasteiger charge is 2.24. The van der Waals surface area contributed by atoms with Crippen molar-refractivity contribution in [1.82, 2.24) is 15.5 Å². The Morgan fingerprint density at radius 3 is 2.50 bits per heavy atom. The summed E-state index contributed by atoms with van der Waals surface area (Å²) < 4.78 is 0. The SMILES string of the molecule is CNC1CCC(N(C)c2cc(Cl)nnc2Cl)CC1. The molecule has 1 aromatic rings. The Morgan fingerprint density at radius 2 is 1.89 bits per heavy atom. The van der Waals surface area contributed by atoms with Crippen molar-refractivity contribution in [2.45, 2.75) is 37.8 Å². The van der Waals surface area contributed by atoms with E-state index in [9.17, 15) is 0 Å². The third-order valence-electron chi connectivity index (χ3n) is 3.73. The van der Waals surface area contributed by atoms with E-state index >= 15 is 0 Å². The first-order chi connectivity index (χ1) is 8.61. The van der Waals surface area contributed by atoms with Crippen molar-refractivity contribution in [1.29, 1.82) is 0 Å². The fourth-order valence-corrected chi connectivity index (χ4v) is 2.91. The van der Waals surface area contributed by atoms with E-state index in [1.54, 1.807) is 6.07 Å². The minimum atomic E-state index is 0.380. The van der Waals surface area contributed by atoms with Gasteiger partial charge < -0.3 is 10.2 Å². The summed E-state index contributed by atoms with van der Waals surface area (Å²) >= 11 is 12.0. The quantitative estimate of drug-likeness (QED) is 0.929. The monoisotopic (exact) mass is 288 g/mol. The molecule has 0 radical (unpaired) electrons. The molecule has 18 heavy (non-hydrogen) atoms. The number of rotatable bonds is 3. The van der Waals surface area contributed by atoms with Crippen LogP contribution in [-0.4, -0.2) is 36.4 Å². The van der Waals surface area contributed by atoms with Gasteiger partial charge in [0.05, 0.1) is 5.69 Å². The lowest BCUT2D eigenvalue weighted by atomic mass is 9.90. The average Bonchev–Trinajstić information content (AvgIpc) is 2.41. The Kier molecular flexibility index (Phi) is 4.65. The molecule has 1 aliphatic rings. The van der Waals surface area contributed by atoms with Gasteiger partial charge in [0.1, 0.15) is 0 Å². The van der Waals surface area contributed by atoms with Crippen LogP contribution in [0.2, 0.25) is 10.3 Å². The molecule has 1 aliphatic carbocycles. The zero-order chi connectivity index (χ0) is 13.1. The molecular formula is C12H18Cl2N4. The van der Waals surface area contributed by atoms with Crippen LogP contribution in [0.25, 0.3) is 0 Å². The standard InChI is InChI=1S/C12H18Cl2N4/c1-15-8-3-5-9(6-4-8)18(2)10-7-11(13)16-17-12(10)14/h7-9,15H,3-6H2,1-2H3. The lowest BCUT2D eigenvalue weighted by Crippen LogP contribution is -2.40. The Hall–Kier alpha value is -0.580. The Bertz CT molecular complexity index is 405. The molecule has 0 aromatic carbocycles. The molecule has 1 heterocycles. The van der Waals surface area contributed by atoms with E-state index in [4.69, 9.17) is 23.2 Å². The summed E-state index contributed by atoms with van der Waals surface area (Å²) in [6.07, 6.45) is 4.68. The third kappa shape index (κ3) is 3.05. The summed E-state index contributed by atoms with van der Waals surface area (Å²) in [6, 6.07) is 2.91. The smallest absolute Gasteiger partial charge is 0.175 e. The first-order valence-corrected chi connectivity index (χ1v) is 6.96. The van der Waals surface area contributed by atoms with Crippen LogP contribution in [0.1, 0.15) is 25.7 Å². The average molecular weight is 289 g/mol. The van der Waals surface area contributed by atoms with Crippen LogP contribution in [0.4, 0.5) is 5.69 Å². The van der Waals surface area contributed by atoms with Crippen LogP contribution in [-0.2, 0) is 0 Å². The zero-order valence-electron chi connectivity index (χ0n) is 10.7. The van der Waals surface area contributed by atoms with E-state index in [1.165, 1.54) is 12.8 Å². The number of nitrogens with one attached hydrogen (secondary N) is 1. The molecule has 0 saturated heterocycles. The zero-order valence-corrected chi connectivity index (χ0v) is 12.2. The van der Waals surface area contributed by atoms with Crippen molar-refractivity contribution < 1.29 is 0 Å². The van der Waals surface area contributed by atoms with Crippen molar-refractivity contribution in [2.75, 3.05) is 19.0 Å². The number of aromatic nitrogens is 2. The summed E-state index contributed by atoms with van der Waals surface area (Å²) in [5.74, 6) is 0. The molecule has 6 heteroatoms. The fraction of sp³-hybridized carbons (Fsp3) is 0.667. The first kappa shape index (κ1) is 13.8. The van der Waals surface area contributed by atoms with Gasteiger partial charge in [0.15, 0.2) is 10.3 Å². The molecular weight excluding hydrogens is 271 g/mol. The highest BCUT2D eigenvalue weighted by atomic mass is 35.5. The van der Waals surface area contributed by atoms with E-state index < -0.39 is 0 Å². The predicted molar refractivity (Wildman–Crippen MR) is 75.6 cm³/mol. The predicted octanol–water partition coefficient (Wildman–Crippen LogP) is 2.75. The molecule has 0 atom stereocenters. The van der Waals surface area contributed by atoms with Gasteiger partial charge in [-0.2, -0.15) is 0 Å². The molecule has 1 fully saturated rings. The van der Waals surface area contributed by atoms with Gasteiger partial charge in [-0.05, 0) is 32.7 Å². The van der Waals surface area contributed by atoms with E-state index in [0.29, 0.717) is 22.4 Å². The Morgan fingerprint density at radius 1 is 1.22 bits per heavy atom. The van der Waals surface area contributed by atoms with E-state index in [0.717, 1.165) is 18.5 Å². The summed E-state index contributed by atoms with van der Waals surface area (Å²) in [6.45, 7) is 0. The molecule has 1 saturated carbocycles. The number of anilines is 1. The third-order valence-corrected chi connectivity index (χ3v) is 4.19. The van der Waals surface area contributed by atoms with Crippen molar-refractivity contribution in [3.8, 4) is 0 Å². The Labute approximate surface area is 118 Å². The van der Waals surface area contributed by atoms with Crippen molar-refractivity contribution in [3.63, 3.8) is 0 Å². The van der Waals surface area contributed by atoms with Crippen LogP contribution >= 0.6 is 23.2 Å². The van der Waals surface area contributed by atoms with Gasteiger partial charge in [0, 0.05) is 25.2 Å². The molecule has 0 aliphatic heterocycles. The van der Waals surface area contributed by atoms with Gasteiger partial charge >= 0.3 is 0 Å². The van der Waals surface area contributed by atoms with Crippen LogP contribution in [0, 0.1) is 0 Å². The van der Waals surface area contributed by atoms with Gasteiger partial charge in [-0.3, -0.25) is 0 Å².